The fourth-order valence-electron chi connectivity index (χ4n) is 1.83. The molecule has 0 aliphatic rings. The van der Waals surface area contributed by atoms with Crippen LogP contribution in [-0.4, -0.2) is 16.9 Å². The molecule has 0 amide bonds. The van der Waals surface area contributed by atoms with E-state index in [4.69, 9.17) is 5.11 Å². The topological polar surface area (TPSA) is 54.4 Å². The van der Waals surface area contributed by atoms with Crippen LogP contribution in [0.2, 0.25) is 0 Å². The van der Waals surface area contributed by atoms with Crippen LogP contribution in [0.1, 0.15) is 59.8 Å². The first-order chi connectivity index (χ1) is 7.82. The third-order valence-electron chi connectivity index (χ3n) is 2.97. The monoisotopic (exact) mass is 242 g/mol. The van der Waals surface area contributed by atoms with Crippen molar-refractivity contribution in [3.63, 3.8) is 0 Å². The van der Waals surface area contributed by atoms with E-state index in [1.165, 1.54) is 0 Å². The Morgan fingerprint density at radius 2 is 1.29 bits per heavy atom. The van der Waals surface area contributed by atoms with Crippen molar-refractivity contribution in [1.29, 1.82) is 0 Å². The molecule has 0 fully saturated rings. The molecule has 0 aliphatic heterocycles. The van der Waals surface area contributed by atoms with Crippen LogP contribution >= 0.6 is 0 Å². The average Bonchev–Trinajstić information content (AvgIpc) is 2.15. The van der Waals surface area contributed by atoms with E-state index in [1.807, 2.05) is 0 Å². The number of hydrogen-bond donors (Lipinski definition) is 1. The van der Waals surface area contributed by atoms with Gasteiger partial charge in [-0.15, -0.1) is 0 Å². The van der Waals surface area contributed by atoms with Gasteiger partial charge in [0, 0.05) is 5.92 Å². The summed E-state index contributed by atoms with van der Waals surface area (Å²) in [6, 6.07) is 0. The van der Waals surface area contributed by atoms with Crippen molar-refractivity contribution in [2.24, 2.45) is 17.8 Å². The van der Waals surface area contributed by atoms with E-state index >= 15 is 0 Å². The summed E-state index contributed by atoms with van der Waals surface area (Å²) in [7, 11) is 0. The zero-order chi connectivity index (χ0) is 13.4. The van der Waals surface area contributed by atoms with Gasteiger partial charge in [0.1, 0.15) is 12.2 Å². The molecule has 0 aromatic carbocycles. The molecule has 0 saturated heterocycles. The maximum Gasteiger partial charge on any atom is 0.310 e. The van der Waals surface area contributed by atoms with Crippen LogP contribution in [0.15, 0.2) is 0 Å². The number of carboxylic acids is 1. The Labute approximate surface area is 105 Å². The summed E-state index contributed by atoms with van der Waals surface area (Å²) in [4.78, 5) is 22.4. The van der Waals surface area contributed by atoms with Gasteiger partial charge in [-0.05, 0) is 24.7 Å². The Balaban J connectivity index is 4.27. The van der Waals surface area contributed by atoms with Gasteiger partial charge in [-0.25, -0.2) is 0 Å². The smallest absolute Gasteiger partial charge is 0.310 e. The highest BCUT2D eigenvalue weighted by atomic mass is 16.4. The molecule has 1 N–H and O–H groups in total. The van der Waals surface area contributed by atoms with Gasteiger partial charge in [0.25, 0.3) is 0 Å². The van der Waals surface area contributed by atoms with Crippen molar-refractivity contribution in [2.45, 2.75) is 59.8 Å². The molecule has 0 radical (unpaired) electrons. The van der Waals surface area contributed by atoms with E-state index in [2.05, 4.69) is 27.7 Å². The molecule has 0 aromatic heterocycles. The van der Waals surface area contributed by atoms with Crippen LogP contribution in [0, 0.1) is 17.8 Å². The van der Waals surface area contributed by atoms with Crippen molar-refractivity contribution in [1.82, 2.24) is 0 Å². The van der Waals surface area contributed by atoms with Gasteiger partial charge in [-0.3, -0.25) is 9.59 Å². The molecule has 0 bridgehead atoms. The summed E-state index contributed by atoms with van der Waals surface area (Å²) in [5.74, 6) is -0.0350. The Morgan fingerprint density at radius 3 is 1.59 bits per heavy atom. The predicted octanol–water partition coefficient (Wildman–Crippen LogP) is 3.52. The van der Waals surface area contributed by atoms with Gasteiger partial charge in [-0.2, -0.15) is 0 Å². The normalized spacial score (nSPS) is 11.5. The van der Waals surface area contributed by atoms with Crippen LogP contribution in [0.25, 0.3) is 0 Å². The number of rotatable bonds is 9. The molecule has 100 valence electrons. The van der Waals surface area contributed by atoms with Gasteiger partial charge in [0.05, 0.1) is 0 Å². The van der Waals surface area contributed by atoms with Crippen molar-refractivity contribution >= 4 is 11.8 Å². The fourth-order valence-corrected chi connectivity index (χ4v) is 1.83. The quantitative estimate of drug-likeness (QED) is 0.629. The van der Waals surface area contributed by atoms with Crippen molar-refractivity contribution in [2.75, 3.05) is 0 Å². The first-order valence-electron chi connectivity index (χ1n) is 6.57. The summed E-state index contributed by atoms with van der Waals surface area (Å²) >= 11 is 0. The molecule has 0 heterocycles. The third kappa shape index (κ3) is 8.90. The lowest BCUT2D eigenvalue weighted by molar-refractivity contribution is -0.141. The molecule has 0 aliphatic carbocycles. The molecule has 17 heavy (non-hydrogen) atoms. The molecule has 0 aromatic rings. The Kier molecular flexibility index (Phi) is 7.85. The minimum Gasteiger partial charge on any atom is -0.481 e. The second-order valence-corrected chi connectivity index (χ2v) is 5.68. The molecule has 0 rings (SSSR count). The lowest BCUT2D eigenvalue weighted by Crippen LogP contribution is -2.19. The first-order valence-corrected chi connectivity index (χ1v) is 6.57. The number of hydrogen-bond acceptors (Lipinski definition) is 2. The minimum atomic E-state index is -1.01. The van der Waals surface area contributed by atoms with E-state index in [9.17, 15) is 9.59 Å². The van der Waals surface area contributed by atoms with Gasteiger partial charge < -0.3 is 5.11 Å². The van der Waals surface area contributed by atoms with Crippen LogP contribution in [-0.2, 0) is 9.59 Å². The first kappa shape index (κ1) is 16.1. The summed E-state index contributed by atoms with van der Waals surface area (Å²) in [5, 5.41) is 8.67. The average molecular weight is 242 g/mol. The summed E-state index contributed by atoms with van der Waals surface area (Å²) in [6.45, 7) is 8.50. The van der Waals surface area contributed by atoms with Crippen molar-refractivity contribution < 1.29 is 14.7 Å². The van der Waals surface area contributed by atoms with E-state index in [0.29, 0.717) is 11.8 Å². The zero-order valence-corrected chi connectivity index (χ0v) is 11.5. The van der Waals surface area contributed by atoms with Crippen LogP contribution in [0.4, 0.5) is 0 Å². The SMILES string of the molecule is CC(C)CCC(CCC(C)C)C(=O)CC(=O)O. The second-order valence-electron chi connectivity index (χ2n) is 5.68. The van der Waals surface area contributed by atoms with Gasteiger partial charge in [0.15, 0.2) is 0 Å². The van der Waals surface area contributed by atoms with E-state index in [0.717, 1.165) is 25.7 Å². The highest BCUT2D eigenvalue weighted by molar-refractivity contribution is 5.95. The molecule has 3 nitrogen and oxygen atoms in total. The van der Waals surface area contributed by atoms with Crippen molar-refractivity contribution in [3.05, 3.63) is 0 Å². The van der Waals surface area contributed by atoms with E-state index < -0.39 is 5.97 Å². The minimum absolute atomic E-state index is 0.0594. The number of Topliss-reactive ketones (excluding diaryl/α,β-unsaturated/α-hetero) is 1. The molecule has 0 spiro atoms. The molecule has 0 atom stereocenters. The molecule has 0 unspecified atom stereocenters. The number of carbonyl (C=O) groups is 2. The van der Waals surface area contributed by atoms with Crippen LogP contribution in [0.5, 0.6) is 0 Å². The van der Waals surface area contributed by atoms with Gasteiger partial charge in [-0.1, -0.05) is 40.5 Å². The van der Waals surface area contributed by atoms with Gasteiger partial charge >= 0.3 is 5.97 Å². The third-order valence-corrected chi connectivity index (χ3v) is 2.97. The maximum atomic E-state index is 11.8. The maximum absolute atomic E-state index is 11.8. The predicted molar refractivity (Wildman–Crippen MR) is 68.9 cm³/mol. The molecular formula is C14H26O3. The Hall–Kier alpha value is -0.860. The number of carboxylic acid groups (broad SMARTS) is 1. The van der Waals surface area contributed by atoms with Crippen molar-refractivity contribution in [3.8, 4) is 0 Å². The lowest BCUT2D eigenvalue weighted by atomic mass is 9.87. The Bertz CT molecular complexity index is 232. The Morgan fingerprint density at radius 1 is 0.882 bits per heavy atom. The second kappa shape index (κ2) is 8.26. The highest BCUT2D eigenvalue weighted by Gasteiger charge is 2.21. The van der Waals surface area contributed by atoms with Crippen LogP contribution < -0.4 is 0 Å². The van der Waals surface area contributed by atoms with E-state index in [-0.39, 0.29) is 18.1 Å². The standard InChI is InChI=1S/C14H26O3/c1-10(2)5-7-12(8-6-11(3)4)13(15)9-14(16)17/h10-12H,5-9H2,1-4H3,(H,16,17). The summed E-state index contributed by atoms with van der Waals surface area (Å²) in [5.41, 5.74) is 0. The molecule has 3 heteroatoms. The van der Waals surface area contributed by atoms with Crippen LogP contribution in [0.3, 0.4) is 0 Å². The highest BCUT2D eigenvalue weighted by Crippen LogP contribution is 2.21. The number of carbonyl (C=O) groups excluding carboxylic acids is 1. The molecule has 0 saturated carbocycles. The summed E-state index contributed by atoms with van der Waals surface area (Å²) in [6.07, 6.45) is 3.33. The summed E-state index contributed by atoms with van der Waals surface area (Å²) < 4.78 is 0. The van der Waals surface area contributed by atoms with E-state index in [1.54, 1.807) is 0 Å². The zero-order valence-electron chi connectivity index (χ0n) is 11.5. The molecular weight excluding hydrogens is 216 g/mol. The largest absolute Gasteiger partial charge is 0.481 e. The lowest BCUT2D eigenvalue weighted by Gasteiger charge is -2.17. The van der Waals surface area contributed by atoms with Gasteiger partial charge in [0.2, 0.25) is 0 Å². The number of ketones is 1. The number of aliphatic carboxylic acids is 1. The fraction of sp³-hybridized carbons (Fsp3) is 0.857.